The molecular formula is C12H10OS. The Morgan fingerprint density at radius 2 is 2.07 bits per heavy atom. The van der Waals surface area contributed by atoms with E-state index in [0.717, 1.165) is 6.29 Å². The number of thiophene rings is 1. The fourth-order valence-electron chi connectivity index (χ4n) is 1.48. The van der Waals surface area contributed by atoms with Gasteiger partial charge in [0.25, 0.3) is 0 Å². The molecule has 0 aliphatic heterocycles. The molecule has 0 atom stereocenters. The minimum absolute atomic E-state index is 0.809. The normalized spacial score (nSPS) is 11.2. The van der Waals surface area contributed by atoms with Gasteiger partial charge in [-0.05, 0) is 36.1 Å². The highest BCUT2D eigenvalue weighted by Crippen LogP contribution is 2.31. The minimum Gasteiger partial charge on any atom is -0.299 e. The third-order valence-electron chi connectivity index (χ3n) is 2.21. The van der Waals surface area contributed by atoms with Crippen molar-refractivity contribution in [2.45, 2.75) is 6.92 Å². The maximum absolute atomic E-state index is 10.2. The van der Waals surface area contributed by atoms with Gasteiger partial charge in [-0.2, -0.15) is 0 Å². The maximum atomic E-state index is 10.2. The predicted molar refractivity (Wildman–Crippen MR) is 61.7 cm³/mol. The summed E-state index contributed by atoms with van der Waals surface area (Å²) in [5, 5.41) is 1.28. The molecule has 0 aliphatic carbocycles. The number of allylic oxidation sites excluding steroid dienone is 1. The second-order valence-corrected chi connectivity index (χ2v) is 4.17. The van der Waals surface area contributed by atoms with Crippen molar-refractivity contribution < 1.29 is 4.79 Å². The summed E-state index contributed by atoms with van der Waals surface area (Å²) in [5.74, 6) is 0. The lowest BCUT2D eigenvalue weighted by molar-refractivity contribution is -0.104. The molecule has 0 unspecified atom stereocenters. The molecule has 0 fully saturated rings. The molecule has 1 aromatic carbocycles. The van der Waals surface area contributed by atoms with Crippen LogP contribution in [0.5, 0.6) is 0 Å². The number of fused-ring (bicyclic) bond motifs is 1. The SMILES string of the molecule is Cc1c(C=CC=O)sc2ccccc12. The van der Waals surface area contributed by atoms with Crippen LogP contribution in [0, 0.1) is 6.92 Å². The van der Waals surface area contributed by atoms with Crippen LogP contribution in [0.15, 0.2) is 30.3 Å². The molecule has 2 heteroatoms. The number of benzene rings is 1. The van der Waals surface area contributed by atoms with E-state index in [0.29, 0.717) is 0 Å². The van der Waals surface area contributed by atoms with E-state index in [-0.39, 0.29) is 0 Å². The molecule has 0 bridgehead atoms. The van der Waals surface area contributed by atoms with Crippen LogP contribution in [0.1, 0.15) is 10.4 Å². The third-order valence-corrected chi connectivity index (χ3v) is 3.44. The summed E-state index contributed by atoms with van der Waals surface area (Å²) in [5.41, 5.74) is 1.25. The summed E-state index contributed by atoms with van der Waals surface area (Å²) in [7, 11) is 0. The molecule has 14 heavy (non-hydrogen) atoms. The van der Waals surface area contributed by atoms with Crippen molar-refractivity contribution in [1.29, 1.82) is 0 Å². The molecule has 0 radical (unpaired) electrons. The highest BCUT2D eigenvalue weighted by atomic mass is 32.1. The Kier molecular flexibility index (Phi) is 2.46. The molecular weight excluding hydrogens is 192 g/mol. The fraction of sp³-hybridized carbons (Fsp3) is 0.0833. The highest BCUT2D eigenvalue weighted by molar-refractivity contribution is 7.20. The Bertz CT molecular complexity index is 494. The fourth-order valence-corrected chi connectivity index (χ4v) is 2.60. The van der Waals surface area contributed by atoms with Crippen LogP contribution in [0.4, 0.5) is 0 Å². The van der Waals surface area contributed by atoms with Crippen molar-refractivity contribution in [3.63, 3.8) is 0 Å². The van der Waals surface area contributed by atoms with Gasteiger partial charge in [-0.15, -0.1) is 11.3 Å². The second kappa shape index (κ2) is 3.76. The van der Waals surface area contributed by atoms with Crippen LogP contribution >= 0.6 is 11.3 Å². The molecule has 1 aromatic heterocycles. The molecule has 2 aromatic rings. The molecule has 0 amide bonds. The predicted octanol–water partition coefficient (Wildman–Crippen LogP) is 3.42. The topological polar surface area (TPSA) is 17.1 Å². The Hall–Kier alpha value is -1.41. The van der Waals surface area contributed by atoms with Gasteiger partial charge in [0.15, 0.2) is 0 Å². The molecule has 1 nitrogen and oxygen atoms in total. The van der Waals surface area contributed by atoms with Crippen molar-refractivity contribution in [2.75, 3.05) is 0 Å². The zero-order valence-electron chi connectivity index (χ0n) is 7.86. The molecule has 2 rings (SSSR count). The molecule has 1 heterocycles. The van der Waals surface area contributed by atoms with Crippen LogP contribution in [0.2, 0.25) is 0 Å². The van der Waals surface area contributed by atoms with Crippen molar-refractivity contribution in [1.82, 2.24) is 0 Å². The van der Waals surface area contributed by atoms with Gasteiger partial charge < -0.3 is 0 Å². The molecule has 0 aliphatic rings. The summed E-state index contributed by atoms with van der Waals surface area (Å²) in [6.07, 6.45) is 4.22. The summed E-state index contributed by atoms with van der Waals surface area (Å²) in [6.45, 7) is 2.09. The van der Waals surface area contributed by atoms with E-state index in [9.17, 15) is 4.79 Å². The van der Waals surface area contributed by atoms with E-state index in [1.54, 1.807) is 11.3 Å². The monoisotopic (exact) mass is 202 g/mol. The summed E-state index contributed by atoms with van der Waals surface area (Å²) >= 11 is 1.72. The van der Waals surface area contributed by atoms with Crippen molar-refractivity contribution in [3.8, 4) is 0 Å². The van der Waals surface area contributed by atoms with Crippen LogP contribution in [0.3, 0.4) is 0 Å². The van der Waals surface area contributed by atoms with Crippen molar-refractivity contribution in [2.24, 2.45) is 0 Å². The first-order valence-corrected chi connectivity index (χ1v) is 5.24. The molecule has 0 saturated heterocycles. The van der Waals surface area contributed by atoms with E-state index in [1.807, 2.05) is 18.2 Å². The second-order valence-electron chi connectivity index (χ2n) is 3.08. The zero-order chi connectivity index (χ0) is 9.97. The number of carbonyl (C=O) groups excluding carboxylic acids is 1. The maximum Gasteiger partial charge on any atom is 0.142 e. The number of rotatable bonds is 2. The first-order chi connectivity index (χ1) is 6.83. The lowest BCUT2D eigenvalue weighted by Crippen LogP contribution is -1.70. The first-order valence-electron chi connectivity index (χ1n) is 4.43. The number of hydrogen-bond donors (Lipinski definition) is 0. The zero-order valence-corrected chi connectivity index (χ0v) is 8.67. The smallest absolute Gasteiger partial charge is 0.142 e. The number of carbonyl (C=O) groups is 1. The lowest BCUT2D eigenvalue weighted by Gasteiger charge is -1.89. The lowest BCUT2D eigenvalue weighted by atomic mass is 10.1. The van der Waals surface area contributed by atoms with Crippen LogP contribution in [-0.4, -0.2) is 6.29 Å². The van der Waals surface area contributed by atoms with Gasteiger partial charge in [0, 0.05) is 9.58 Å². The van der Waals surface area contributed by atoms with E-state index in [2.05, 4.69) is 19.1 Å². The van der Waals surface area contributed by atoms with Gasteiger partial charge in [-0.1, -0.05) is 18.2 Å². The average Bonchev–Trinajstić information content (AvgIpc) is 2.54. The van der Waals surface area contributed by atoms with E-state index < -0.39 is 0 Å². The van der Waals surface area contributed by atoms with Crippen molar-refractivity contribution in [3.05, 3.63) is 40.8 Å². The number of aldehydes is 1. The van der Waals surface area contributed by atoms with Crippen LogP contribution < -0.4 is 0 Å². The summed E-state index contributed by atoms with van der Waals surface area (Å²) < 4.78 is 1.27. The molecule has 0 saturated carbocycles. The Labute approximate surface area is 86.7 Å². The Balaban J connectivity index is 2.62. The quantitative estimate of drug-likeness (QED) is 0.538. The van der Waals surface area contributed by atoms with E-state index in [4.69, 9.17) is 0 Å². The van der Waals surface area contributed by atoms with Gasteiger partial charge in [-0.25, -0.2) is 0 Å². The largest absolute Gasteiger partial charge is 0.299 e. The molecule has 70 valence electrons. The number of hydrogen-bond acceptors (Lipinski definition) is 2. The van der Waals surface area contributed by atoms with Gasteiger partial charge in [0.2, 0.25) is 0 Å². The average molecular weight is 202 g/mol. The van der Waals surface area contributed by atoms with Gasteiger partial charge in [-0.3, -0.25) is 4.79 Å². The summed E-state index contributed by atoms with van der Waals surface area (Å²) in [4.78, 5) is 11.4. The Morgan fingerprint density at radius 1 is 1.29 bits per heavy atom. The van der Waals surface area contributed by atoms with Gasteiger partial charge in [0.05, 0.1) is 0 Å². The molecule has 0 N–H and O–H groups in total. The third kappa shape index (κ3) is 1.49. The van der Waals surface area contributed by atoms with E-state index >= 15 is 0 Å². The van der Waals surface area contributed by atoms with Crippen LogP contribution in [0.25, 0.3) is 16.2 Å². The first kappa shape index (κ1) is 9.16. The molecule has 0 spiro atoms. The van der Waals surface area contributed by atoms with Crippen molar-refractivity contribution >= 4 is 33.8 Å². The standard InChI is InChI=1S/C12H10OS/c1-9-10-5-2-3-6-12(10)14-11(9)7-4-8-13/h2-8H,1H3. The van der Waals surface area contributed by atoms with E-state index in [1.165, 1.54) is 26.6 Å². The Morgan fingerprint density at radius 3 is 2.79 bits per heavy atom. The highest BCUT2D eigenvalue weighted by Gasteiger charge is 2.03. The van der Waals surface area contributed by atoms with Crippen LogP contribution in [-0.2, 0) is 4.79 Å². The van der Waals surface area contributed by atoms with Gasteiger partial charge >= 0.3 is 0 Å². The number of aryl methyl sites for hydroxylation is 1. The van der Waals surface area contributed by atoms with Gasteiger partial charge in [0.1, 0.15) is 6.29 Å². The summed E-state index contributed by atoms with van der Waals surface area (Å²) in [6, 6.07) is 8.28. The minimum atomic E-state index is 0.809.